The lowest BCUT2D eigenvalue weighted by Gasteiger charge is -2.07. The number of anilines is 1. The molecular formula is C13H18N2O3S. The normalized spacial score (nSPS) is 9.95. The minimum atomic E-state index is -0.0785. The van der Waals surface area contributed by atoms with Crippen LogP contribution in [0, 0.1) is 0 Å². The summed E-state index contributed by atoms with van der Waals surface area (Å²) in [7, 11) is 0. The number of rotatable bonds is 8. The van der Waals surface area contributed by atoms with E-state index in [1.165, 1.54) is 0 Å². The minimum absolute atomic E-state index is 0.0785. The van der Waals surface area contributed by atoms with Crippen LogP contribution in [0.2, 0.25) is 0 Å². The largest absolute Gasteiger partial charge is 0.487 e. The van der Waals surface area contributed by atoms with Crippen LogP contribution in [0.5, 0.6) is 5.75 Å². The molecule has 0 aliphatic carbocycles. The van der Waals surface area contributed by atoms with Gasteiger partial charge in [-0.1, -0.05) is 12.2 Å². The zero-order chi connectivity index (χ0) is 14.1. The fraction of sp³-hybridized carbons (Fsp3) is 0.385. The van der Waals surface area contributed by atoms with Gasteiger partial charge in [0.2, 0.25) is 5.91 Å². The number of hydrogen-bond donors (Lipinski definition) is 2. The Bertz CT molecular complexity index is 420. The van der Waals surface area contributed by atoms with Crippen molar-refractivity contribution in [1.29, 1.82) is 0 Å². The van der Waals surface area contributed by atoms with E-state index in [0.29, 0.717) is 36.1 Å². The molecule has 0 bridgehead atoms. The number of nitrogens with two attached hydrogens (primary N) is 1. The SMILES string of the molecule is CCOCCC(=O)Nc1ccc(OCC(N)=S)cc1. The molecule has 19 heavy (non-hydrogen) atoms. The average Bonchev–Trinajstić information content (AvgIpc) is 2.38. The van der Waals surface area contributed by atoms with Crippen molar-refractivity contribution in [3.05, 3.63) is 24.3 Å². The molecule has 104 valence electrons. The fourth-order valence-corrected chi connectivity index (χ4v) is 1.38. The first-order chi connectivity index (χ1) is 9.11. The Hall–Kier alpha value is -1.66. The molecule has 0 fully saturated rings. The molecule has 0 saturated heterocycles. The quantitative estimate of drug-likeness (QED) is 0.561. The lowest BCUT2D eigenvalue weighted by molar-refractivity contribution is -0.117. The van der Waals surface area contributed by atoms with Crippen molar-refractivity contribution >= 4 is 28.8 Å². The number of ether oxygens (including phenoxy) is 2. The monoisotopic (exact) mass is 282 g/mol. The van der Waals surface area contributed by atoms with Crippen LogP contribution in [-0.2, 0) is 9.53 Å². The highest BCUT2D eigenvalue weighted by Crippen LogP contribution is 2.15. The van der Waals surface area contributed by atoms with Crippen molar-refractivity contribution in [2.24, 2.45) is 5.73 Å². The number of hydrogen-bond acceptors (Lipinski definition) is 4. The molecule has 6 heteroatoms. The van der Waals surface area contributed by atoms with Gasteiger partial charge in [-0.3, -0.25) is 4.79 Å². The summed E-state index contributed by atoms with van der Waals surface area (Å²) >= 11 is 4.71. The minimum Gasteiger partial charge on any atom is -0.487 e. The van der Waals surface area contributed by atoms with Gasteiger partial charge in [0.25, 0.3) is 0 Å². The second kappa shape index (κ2) is 8.44. The van der Waals surface area contributed by atoms with E-state index in [1.807, 2.05) is 6.92 Å². The number of thiocarbonyl (C=S) groups is 1. The molecule has 1 amide bonds. The molecular weight excluding hydrogens is 264 g/mol. The third-order valence-electron chi connectivity index (χ3n) is 2.20. The second-order valence-corrected chi connectivity index (χ2v) is 4.30. The van der Waals surface area contributed by atoms with Crippen LogP contribution in [0.15, 0.2) is 24.3 Å². The van der Waals surface area contributed by atoms with Gasteiger partial charge in [0.05, 0.1) is 13.0 Å². The molecule has 0 unspecified atom stereocenters. The fourth-order valence-electron chi connectivity index (χ4n) is 1.32. The molecule has 0 aliphatic rings. The van der Waals surface area contributed by atoms with Gasteiger partial charge < -0.3 is 20.5 Å². The highest BCUT2D eigenvalue weighted by Gasteiger charge is 2.02. The molecule has 1 aromatic carbocycles. The van der Waals surface area contributed by atoms with Gasteiger partial charge >= 0.3 is 0 Å². The Labute approximate surface area is 118 Å². The third-order valence-corrected chi connectivity index (χ3v) is 2.31. The first-order valence-corrected chi connectivity index (χ1v) is 6.41. The van der Waals surface area contributed by atoms with Gasteiger partial charge in [0.15, 0.2) is 0 Å². The highest BCUT2D eigenvalue weighted by molar-refractivity contribution is 7.80. The van der Waals surface area contributed by atoms with E-state index in [-0.39, 0.29) is 12.5 Å². The van der Waals surface area contributed by atoms with Crippen LogP contribution in [0.25, 0.3) is 0 Å². The smallest absolute Gasteiger partial charge is 0.226 e. The molecule has 0 aromatic heterocycles. The summed E-state index contributed by atoms with van der Waals surface area (Å²) < 4.78 is 10.4. The van der Waals surface area contributed by atoms with E-state index < -0.39 is 0 Å². The highest BCUT2D eigenvalue weighted by atomic mass is 32.1. The van der Waals surface area contributed by atoms with E-state index in [4.69, 9.17) is 27.4 Å². The van der Waals surface area contributed by atoms with E-state index in [1.54, 1.807) is 24.3 Å². The maximum Gasteiger partial charge on any atom is 0.226 e. The van der Waals surface area contributed by atoms with Crippen molar-refractivity contribution in [3.63, 3.8) is 0 Å². The maximum atomic E-state index is 11.5. The van der Waals surface area contributed by atoms with Crippen LogP contribution in [0.3, 0.4) is 0 Å². The summed E-state index contributed by atoms with van der Waals surface area (Å²) in [6.45, 7) is 3.14. The molecule has 0 saturated carbocycles. The van der Waals surface area contributed by atoms with Crippen LogP contribution < -0.4 is 15.8 Å². The summed E-state index contributed by atoms with van der Waals surface area (Å²) in [5.74, 6) is 0.574. The van der Waals surface area contributed by atoms with E-state index >= 15 is 0 Å². The summed E-state index contributed by atoms with van der Waals surface area (Å²) in [4.78, 5) is 11.8. The van der Waals surface area contributed by atoms with E-state index in [2.05, 4.69) is 5.32 Å². The predicted octanol–water partition coefficient (Wildman–Crippen LogP) is 1.72. The predicted molar refractivity (Wildman–Crippen MR) is 78.5 cm³/mol. The van der Waals surface area contributed by atoms with Gasteiger partial charge in [-0.15, -0.1) is 0 Å². The van der Waals surface area contributed by atoms with Crippen LogP contribution >= 0.6 is 12.2 Å². The lowest BCUT2D eigenvalue weighted by atomic mass is 10.3. The third kappa shape index (κ3) is 6.73. The number of carbonyl (C=O) groups excluding carboxylic acids is 1. The standard InChI is InChI=1S/C13H18N2O3S/c1-2-17-8-7-13(16)15-10-3-5-11(6-4-10)18-9-12(14)19/h3-6H,2,7-9H2,1H3,(H2,14,19)(H,15,16). The zero-order valence-electron chi connectivity index (χ0n) is 10.8. The molecule has 3 N–H and O–H groups in total. The molecule has 1 aromatic rings. The van der Waals surface area contributed by atoms with Crippen molar-refractivity contribution < 1.29 is 14.3 Å². The van der Waals surface area contributed by atoms with Crippen molar-refractivity contribution in [2.45, 2.75) is 13.3 Å². The van der Waals surface area contributed by atoms with Gasteiger partial charge in [0, 0.05) is 12.3 Å². The van der Waals surface area contributed by atoms with Crippen LogP contribution in [-0.4, -0.2) is 30.7 Å². The second-order valence-electron chi connectivity index (χ2n) is 3.77. The van der Waals surface area contributed by atoms with Gasteiger partial charge in [0.1, 0.15) is 17.3 Å². The van der Waals surface area contributed by atoms with Gasteiger partial charge in [-0.2, -0.15) is 0 Å². The first kappa shape index (κ1) is 15.4. The Morgan fingerprint density at radius 1 is 1.37 bits per heavy atom. The van der Waals surface area contributed by atoms with Crippen molar-refractivity contribution in [2.75, 3.05) is 25.1 Å². The number of nitrogens with one attached hydrogen (secondary N) is 1. The van der Waals surface area contributed by atoms with Crippen molar-refractivity contribution in [1.82, 2.24) is 0 Å². The molecule has 0 radical (unpaired) electrons. The number of benzene rings is 1. The van der Waals surface area contributed by atoms with Crippen LogP contribution in [0.1, 0.15) is 13.3 Å². The van der Waals surface area contributed by atoms with E-state index in [9.17, 15) is 4.79 Å². The summed E-state index contributed by atoms with van der Waals surface area (Å²) in [6, 6.07) is 7.01. The molecule has 0 heterocycles. The average molecular weight is 282 g/mol. The number of carbonyl (C=O) groups is 1. The summed E-state index contributed by atoms with van der Waals surface area (Å²) in [5.41, 5.74) is 6.04. The molecule has 0 spiro atoms. The zero-order valence-corrected chi connectivity index (χ0v) is 11.7. The van der Waals surface area contributed by atoms with Crippen molar-refractivity contribution in [3.8, 4) is 5.75 Å². The van der Waals surface area contributed by atoms with Gasteiger partial charge in [-0.25, -0.2) is 0 Å². The molecule has 1 rings (SSSR count). The van der Waals surface area contributed by atoms with Gasteiger partial charge in [-0.05, 0) is 31.2 Å². The summed E-state index contributed by atoms with van der Waals surface area (Å²) in [5, 5.41) is 2.77. The topological polar surface area (TPSA) is 73.6 Å². The van der Waals surface area contributed by atoms with E-state index in [0.717, 1.165) is 0 Å². The maximum absolute atomic E-state index is 11.5. The Balaban J connectivity index is 2.39. The Kier molecular flexibility index (Phi) is 6.84. The molecule has 0 aliphatic heterocycles. The number of amides is 1. The Morgan fingerprint density at radius 3 is 2.63 bits per heavy atom. The molecule has 0 atom stereocenters. The summed E-state index contributed by atoms with van der Waals surface area (Å²) in [6.07, 6.45) is 0.341. The van der Waals surface area contributed by atoms with Crippen LogP contribution in [0.4, 0.5) is 5.69 Å². The molecule has 5 nitrogen and oxygen atoms in total. The lowest BCUT2D eigenvalue weighted by Crippen LogP contribution is -2.17. The Morgan fingerprint density at radius 2 is 2.05 bits per heavy atom. The first-order valence-electron chi connectivity index (χ1n) is 6.00.